The van der Waals surface area contributed by atoms with Gasteiger partial charge in [0.25, 0.3) is 0 Å². The van der Waals surface area contributed by atoms with Crippen molar-refractivity contribution in [3.63, 3.8) is 0 Å². The molecule has 0 saturated carbocycles. The maximum absolute atomic E-state index is 12.0. The number of benzene rings is 1. The highest BCUT2D eigenvalue weighted by atomic mass is 32.1. The van der Waals surface area contributed by atoms with Gasteiger partial charge in [-0.25, -0.2) is 9.78 Å². The Bertz CT molecular complexity index is 710. The van der Waals surface area contributed by atoms with Gasteiger partial charge in [0.05, 0.1) is 19.2 Å². The lowest BCUT2D eigenvalue weighted by molar-refractivity contribution is -0.143. The van der Waals surface area contributed by atoms with Crippen molar-refractivity contribution in [3.05, 3.63) is 35.3 Å². The van der Waals surface area contributed by atoms with Gasteiger partial charge in [-0.15, -0.1) is 11.3 Å². The van der Waals surface area contributed by atoms with Crippen molar-refractivity contribution >= 4 is 23.2 Å². The number of carboxylic acids is 1. The molecule has 7 heteroatoms. The number of aliphatic carboxylic acids is 1. The number of thiazole rings is 1. The minimum Gasteiger partial charge on any atom is -0.497 e. The van der Waals surface area contributed by atoms with E-state index < -0.39 is 12.0 Å². The van der Waals surface area contributed by atoms with Crippen molar-refractivity contribution in [2.75, 3.05) is 7.11 Å². The third-order valence-electron chi connectivity index (χ3n) is 3.48. The van der Waals surface area contributed by atoms with Crippen LogP contribution in [-0.2, 0) is 16.0 Å². The monoisotopic (exact) mass is 348 g/mol. The second-order valence-electron chi connectivity index (χ2n) is 5.68. The first-order valence-electron chi connectivity index (χ1n) is 7.51. The predicted octanol–water partition coefficient (Wildman–Crippen LogP) is 2.59. The van der Waals surface area contributed by atoms with Crippen LogP contribution in [0.5, 0.6) is 5.75 Å². The van der Waals surface area contributed by atoms with Crippen LogP contribution in [0.4, 0.5) is 0 Å². The van der Waals surface area contributed by atoms with Crippen LogP contribution in [-0.4, -0.2) is 35.1 Å². The number of amides is 1. The maximum Gasteiger partial charge on any atom is 0.326 e. The normalized spacial score (nSPS) is 12.0. The second kappa shape index (κ2) is 7.92. The van der Waals surface area contributed by atoms with Crippen molar-refractivity contribution < 1.29 is 19.4 Å². The standard InChI is InChI=1S/C17H20N2O4S/c1-10(2)15(17(21)22)19-14(20)8-12-9-24-16(18-12)11-4-6-13(23-3)7-5-11/h4-7,9-10,15H,8H2,1-3H3,(H,19,20)(H,21,22)/t15-/m1/s1. The fourth-order valence-electron chi connectivity index (χ4n) is 2.16. The van der Waals surface area contributed by atoms with Gasteiger partial charge in [0, 0.05) is 10.9 Å². The van der Waals surface area contributed by atoms with Gasteiger partial charge >= 0.3 is 5.97 Å². The molecule has 1 aromatic heterocycles. The summed E-state index contributed by atoms with van der Waals surface area (Å²) in [6.45, 7) is 3.51. The van der Waals surface area contributed by atoms with E-state index in [1.54, 1.807) is 21.0 Å². The zero-order valence-corrected chi connectivity index (χ0v) is 14.6. The molecule has 128 valence electrons. The Morgan fingerprint density at radius 3 is 2.50 bits per heavy atom. The molecule has 2 rings (SSSR count). The predicted molar refractivity (Wildman–Crippen MR) is 92.2 cm³/mol. The lowest BCUT2D eigenvalue weighted by atomic mass is 10.0. The number of ether oxygens (including phenoxy) is 1. The summed E-state index contributed by atoms with van der Waals surface area (Å²) in [6, 6.07) is 6.62. The molecule has 0 aliphatic heterocycles. The fraction of sp³-hybridized carbons (Fsp3) is 0.353. The lowest BCUT2D eigenvalue weighted by Gasteiger charge is -2.17. The number of nitrogens with zero attached hydrogens (tertiary/aromatic N) is 1. The molecule has 0 spiro atoms. The molecule has 2 N–H and O–H groups in total. The third-order valence-corrected chi connectivity index (χ3v) is 4.42. The quantitative estimate of drug-likeness (QED) is 0.803. The van der Waals surface area contributed by atoms with E-state index in [0.29, 0.717) is 5.69 Å². The highest BCUT2D eigenvalue weighted by Gasteiger charge is 2.23. The number of rotatable bonds is 7. The Labute approximate surface area is 144 Å². The van der Waals surface area contributed by atoms with Crippen LogP contribution in [0.25, 0.3) is 10.6 Å². The van der Waals surface area contributed by atoms with E-state index in [2.05, 4.69) is 10.3 Å². The van der Waals surface area contributed by atoms with Gasteiger partial charge in [0.1, 0.15) is 16.8 Å². The van der Waals surface area contributed by atoms with Gasteiger partial charge in [-0.3, -0.25) is 4.79 Å². The largest absolute Gasteiger partial charge is 0.497 e. The maximum atomic E-state index is 12.0. The number of carboxylic acid groups (broad SMARTS) is 1. The van der Waals surface area contributed by atoms with Crippen LogP contribution in [0.3, 0.4) is 0 Å². The first-order chi connectivity index (χ1) is 11.4. The second-order valence-corrected chi connectivity index (χ2v) is 6.53. The summed E-state index contributed by atoms with van der Waals surface area (Å²) < 4.78 is 5.12. The van der Waals surface area contributed by atoms with Gasteiger partial charge in [0.2, 0.25) is 5.91 Å². The van der Waals surface area contributed by atoms with E-state index in [0.717, 1.165) is 16.3 Å². The SMILES string of the molecule is COc1ccc(-c2nc(CC(=O)N[C@@H](C(=O)O)C(C)C)cs2)cc1. The summed E-state index contributed by atoms with van der Waals surface area (Å²) in [5, 5.41) is 14.3. The number of nitrogens with one attached hydrogen (secondary N) is 1. The number of methoxy groups -OCH3 is 1. The fourth-order valence-corrected chi connectivity index (χ4v) is 2.98. The molecule has 24 heavy (non-hydrogen) atoms. The first-order valence-corrected chi connectivity index (χ1v) is 8.39. The molecule has 0 saturated heterocycles. The molecule has 1 amide bonds. The summed E-state index contributed by atoms with van der Waals surface area (Å²) in [6.07, 6.45) is 0.0587. The molecule has 1 atom stereocenters. The van der Waals surface area contributed by atoms with Crippen LogP contribution in [0.15, 0.2) is 29.6 Å². The number of hydrogen-bond acceptors (Lipinski definition) is 5. The number of carbonyl (C=O) groups excluding carboxylic acids is 1. The van der Waals surface area contributed by atoms with Gasteiger partial charge in [-0.05, 0) is 30.2 Å². The van der Waals surface area contributed by atoms with E-state index in [1.165, 1.54) is 11.3 Å². The van der Waals surface area contributed by atoms with E-state index in [1.807, 2.05) is 29.6 Å². The van der Waals surface area contributed by atoms with Crippen LogP contribution in [0.2, 0.25) is 0 Å². The van der Waals surface area contributed by atoms with Gasteiger partial charge < -0.3 is 15.2 Å². The molecule has 6 nitrogen and oxygen atoms in total. The molecule has 0 radical (unpaired) electrons. The molecule has 0 aliphatic rings. The minimum absolute atomic E-state index is 0.0587. The Hall–Kier alpha value is -2.41. The molecule has 0 aliphatic carbocycles. The summed E-state index contributed by atoms with van der Waals surface area (Å²) in [4.78, 5) is 27.6. The van der Waals surface area contributed by atoms with Crippen molar-refractivity contribution in [1.82, 2.24) is 10.3 Å². The highest BCUT2D eigenvalue weighted by molar-refractivity contribution is 7.13. The highest BCUT2D eigenvalue weighted by Crippen LogP contribution is 2.25. The topological polar surface area (TPSA) is 88.5 Å². The molecule has 1 aromatic carbocycles. The van der Waals surface area contributed by atoms with Crippen LogP contribution in [0, 0.1) is 5.92 Å². The molecule has 1 heterocycles. The average Bonchev–Trinajstić information content (AvgIpc) is 3.00. The minimum atomic E-state index is -1.03. The zero-order chi connectivity index (χ0) is 17.7. The van der Waals surface area contributed by atoms with E-state index >= 15 is 0 Å². The van der Waals surface area contributed by atoms with Gasteiger partial charge in [0.15, 0.2) is 0 Å². The Morgan fingerprint density at radius 2 is 1.96 bits per heavy atom. The average molecular weight is 348 g/mol. The third kappa shape index (κ3) is 4.55. The Balaban J connectivity index is 2.02. The van der Waals surface area contributed by atoms with Crippen molar-refractivity contribution in [2.24, 2.45) is 5.92 Å². The van der Waals surface area contributed by atoms with Crippen LogP contribution >= 0.6 is 11.3 Å². The van der Waals surface area contributed by atoms with E-state index in [-0.39, 0.29) is 18.2 Å². The molecule has 0 fully saturated rings. The Kier molecular flexibility index (Phi) is 5.92. The number of carbonyl (C=O) groups is 2. The first kappa shape index (κ1) is 17.9. The van der Waals surface area contributed by atoms with Crippen molar-refractivity contribution in [1.29, 1.82) is 0 Å². The Morgan fingerprint density at radius 1 is 1.29 bits per heavy atom. The summed E-state index contributed by atoms with van der Waals surface area (Å²) in [5.74, 6) is -0.793. The molecular formula is C17H20N2O4S. The van der Waals surface area contributed by atoms with Crippen LogP contribution in [0.1, 0.15) is 19.5 Å². The zero-order valence-electron chi connectivity index (χ0n) is 13.8. The van der Waals surface area contributed by atoms with E-state index in [4.69, 9.17) is 9.84 Å². The summed E-state index contributed by atoms with van der Waals surface area (Å²) >= 11 is 1.44. The van der Waals surface area contributed by atoms with Gasteiger partial charge in [-0.2, -0.15) is 0 Å². The lowest BCUT2D eigenvalue weighted by Crippen LogP contribution is -2.44. The molecule has 0 unspecified atom stereocenters. The van der Waals surface area contributed by atoms with E-state index in [9.17, 15) is 9.59 Å². The van der Waals surface area contributed by atoms with Crippen molar-refractivity contribution in [2.45, 2.75) is 26.3 Å². The smallest absolute Gasteiger partial charge is 0.326 e. The summed E-state index contributed by atoms with van der Waals surface area (Å²) in [7, 11) is 1.61. The van der Waals surface area contributed by atoms with Gasteiger partial charge in [-0.1, -0.05) is 13.8 Å². The number of hydrogen-bond donors (Lipinski definition) is 2. The van der Waals surface area contributed by atoms with Crippen LogP contribution < -0.4 is 10.1 Å². The molecule has 0 bridgehead atoms. The molecule has 2 aromatic rings. The van der Waals surface area contributed by atoms with Crippen molar-refractivity contribution in [3.8, 4) is 16.3 Å². The number of aromatic nitrogens is 1. The summed E-state index contributed by atoms with van der Waals surface area (Å²) in [5.41, 5.74) is 1.56. The molecular weight excluding hydrogens is 328 g/mol.